The zero-order chi connectivity index (χ0) is 13.2. The summed E-state index contributed by atoms with van der Waals surface area (Å²) in [6, 6.07) is -0.522. The Labute approximate surface area is 102 Å². The molecule has 0 aromatic carbocycles. The maximum absolute atomic E-state index is 12.3. The lowest BCUT2D eigenvalue weighted by atomic mass is 9.87. The first kappa shape index (κ1) is 13.7. The third kappa shape index (κ3) is 2.65. The topological polar surface area (TPSA) is 66.5 Å². The first-order chi connectivity index (χ1) is 7.83. The van der Waals surface area contributed by atoms with E-state index < -0.39 is 17.4 Å². The fourth-order valence-electron chi connectivity index (χ4n) is 1.83. The van der Waals surface area contributed by atoms with Crippen LogP contribution in [0, 0.1) is 5.41 Å². The number of hydrogen-bond acceptors (Lipinski definition) is 3. The molecule has 5 nitrogen and oxygen atoms in total. The number of amides is 3. The lowest BCUT2D eigenvalue weighted by Gasteiger charge is -2.38. The molecular formula is C12H20N2O3. The summed E-state index contributed by atoms with van der Waals surface area (Å²) in [7, 11) is 0. The van der Waals surface area contributed by atoms with Crippen LogP contribution in [0.3, 0.4) is 0 Å². The van der Waals surface area contributed by atoms with Gasteiger partial charge in [-0.25, -0.2) is 0 Å². The van der Waals surface area contributed by atoms with Crippen LogP contribution in [-0.2, 0) is 14.4 Å². The Morgan fingerprint density at radius 1 is 1.41 bits per heavy atom. The number of rotatable bonds is 3. The zero-order valence-corrected chi connectivity index (χ0v) is 10.9. The number of imide groups is 1. The van der Waals surface area contributed by atoms with Gasteiger partial charge in [0.05, 0.1) is 0 Å². The summed E-state index contributed by atoms with van der Waals surface area (Å²) in [5.74, 6) is -0.904. The zero-order valence-electron chi connectivity index (χ0n) is 10.9. The van der Waals surface area contributed by atoms with Gasteiger partial charge in [0.25, 0.3) is 0 Å². The van der Waals surface area contributed by atoms with Crippen molar-refractivity contribution in [2.24, 2.45) is 5.41 Å². The van der Waals surface area contributed by atoms with Crippen LogP contribution in [-0.4, -0.2) is 35.2 Å². The average Bonchev–Trinajstić information content (AvgIpc) is 2.27. The number of carbonyl (C=O) groups is 3. The molecule has 17 heavy (non-hydrogen) atoms. The van der Waals surface area contributed by atoms with E-state index in [0.717, 1.165) is 0 Å². The molecule has 0 spiro atoms. The molecule has 1 heterocycles. The molecule has 96 valence electrons. The highest BCUT2D eigenvalue weighted by Gasteiger charge is 2.40. The molecule has 1 aliphatic rings. The maximum Gasteiger partial charge on any atom is 0.249 e. The van der Waals surface area contributed by atoms with Crippen LogP contribution in [0.4, 0.5) is 0 Å². The van der Waals surface area contributed by atoms with Crippen molar-refractivity contribution in [2.45, 2.75) is 46.6 Å². The van der Waals surface area contributed by atoms with Crippen molar-refractivity contribution < 1.29 is 14.4 Å². The standard InChI is InChI=1S/C12H20N2O3/c1-5-8-10(16)13-9(15)7-14(8)11(17)12(3,4)6-2/h8H,5-7H2,1-4H3,(H,13,15,16). The fourth-order valence-corrected chi connectivity index (χ4v) is 1.83. The smallest absolute Gasteiger partial charge is 0.249 e. The van der Waals surface area contributed by atoms with Crippen molar-refractivity contribution in [3.8, 4) is 0 Å². The minimum atomic E-state index is -0.536. The van der Waals surface area contributed by atoms with Crippen LogP contribution in [0.1, 0.15) is 40.5 Å². The third-order valence-corrected chi connectivity index (χ3v) is 3.37. The molecule has 1 rings (SSSR count). The molecule has 5 heteroatoms. The van der Waals surface area contributed by atoms with Crippen LogP contribution in [0.5, 0.6) is 0 Å². The Morgan fingerprint density at radius 2 is 2.00 bits per heavy atom. The van der Waals surface area contributed by atoms with Crippen LogP contribution >= 0.6 is 0 Å². The van der Waals surface area contributed by atoms with Crippen LogP contribution in [0.15, 0.2) is 0 Å². The predicted octanol–water partition coefficient (Wildman–Crippen LogP) is 0.686. The molecule has 1 fully saturated rings. The van der Waals surface area contributed by atoms with E-state index in [1.54, 1.807) is 0 Å². The van der Waals surface area contributed by atoms with Gasteiger partial charge in [0.15, 0.2) is 0 Å². The molecule has 1 unspecified atom stereocenters. The summed E-state index contributed by atoms with van der Waals surface area (Å²) in [6.45, 7) is 7.40. The number of hydrogen-bond donors (Lipinski definition) is 1. The molecule has 0 aromatic rings. The summed E-state index contributed by atoms with van der Waals surface area (Å²) < 4.78 is 0. The van der Waals surface area contributed by atoms with Crippen LogP contribution in [0.2, 0.25) is 0 Å². The van der Waals surface area contributed by atoms with Gasteiger partial charge in [-0.15, -0.1) is 0 Å². The van der Waals surface area contributed by atoms with E-state index in [1.165, 1.54) is 4.90 Å². The lowest BCUT2D eigenvalue weighted by molar-refractivity contribution is -0.155. The lowest BCUT2D eigenvalue weighted by Crippen LogP contribution is -2.61. The normalized spacial score (nSPS) is 21.4. The van der Waals surface area contributed by atoms with Gasteiger partial charge >= 0.3 is 0 Å². The Hall–Kier alpha value is -1.39. The summed E-state index contributed by atoms with van der Waals surface area (Å²) in [6.07, 6.45) is 1.19. The van der Waals surface area contributed by atoms with Crippen molar-refractivity contribution in [3.63, 3.8) is 0 Å². The second-order valence-electron chi connectivity index (χ2n) is 5.01. The molecule has 0 bridgehead atoms. The van der Waals surface area contributed by atoms with Gasteiger partial charge in [0.2, 0.25) is 17.7 Å². The molecule has 1 atom stereocenters. The SMILES string of the molecule is CCC1C(=O)NC(=O)CN1C(=O)C(C)(C)CC. The highest BCUT2D eigenvalue weighted by Crippen LogP contribution is 2.25. The van der Waals surface area contributed by atoms with E-state index in [4.69, 9.17) is 0 Å². The maximum atomic E-state index is 12.3. The molecule has 3 amide bonds. The molecule has 1 saturated heterocycles. The van der Waals surface area contributed by atoms with Crippen molar-refractivity contribution in [2.75, 3.05) is 6.54 Å². The number of carbonyl (C=O) groups excluding carboxylic acids is 3. The highest BCUT2D eigenvalue weighted by molar-refractivity contribution is 6.04. The van der Waals surface area contributed by atoms with Crippen molar-refractivity contribution in [1.82, 2.24) is 10.2 Å². The van der Waals surface area contributed by atoms with Crippen molar-refractivity contribution >= 4 is 17.7 Å². The van der Waals surface area contributed by atoms with Gasteiger partial charge in [-0.1, -0.05) is 27.7 Å². The fraction of sp³-hybridized carbons (Fsp3) is 0.750. The Kier molecular flexibility index (Phi) is 3.91. The Bertz CT molecular complexity index is 350. The number of nitrogens with one attached hydrogen (secondary N) is 1. The Balaban J connectivity index is 2.96. The molecule has 0 aromatic heterocycles. The second-order valence-corrected chi connectivity index (χ2v) is 5.01. The predicted molar refractivity (Wildman–Crippen MR) is 63.0 cm³/mol. The molecular weight excluding hydrogens is 220 g/mol. The van der Waals surface area contributed by atoms with E-state index in [1.807, 2.05) is 27.7 Å². The second kappa shape index (κ2) is 4.85. The van der Waals surface area contributed by atoms with Crippen LogP contribution in [0.25, 0.3) is 0 Å². The van der Waals surface area contributed by atoms with E-state index in [9.17, 15) is 14.4 Å². The van der Waals surface area contributed by atoms with Crippen LogP contribution < -0.4 is 5.32 Å². The molecule has 0 saturated carbocycles. The van der Waals surface area contributed by atoms with E-state index in [0.29, 0.717) is 12.8 Å². The minimum absolute atomic E-state index is 0.0213. The van der Waals surface area contributed by atoms with Crippen molar-refractivity contribution in [1.29, 1.82) is 0 Å². The summed E-state index contributed by atoms with van der Waals surface area (Å²) in [5, 5.41) is 2.26. The van der Waals surface area contributed by atoms with Crippen molar-refractivity contribution in [3.05, 3.63) is 0 Å². The van der Waals surface area contributed by atoms with Gasteiger partial charge in [0, 0.05) is 5.41 Å². The van der Waals surface area contributed by atoms with Gasteiger partial charge < -0.3 is 4.90 Å². The summed E-state index contributed by atoms with van der Waals surface area (Å²) in [4.78, 5) is 36.7. The first-order valence-electron chi connectivity index (χ1n) is 5.98. The van der Waals surface area contributed by atoms with Gasteiger partial charge in [0.1, 0.15) is 12.6 Å². The highest BCUT2D eigenvalue weighted by atomic mass is 16.2. The molecule has 0 radical (unpaired) electrons. The number of nitrogens with zero attached hydrogens (tertiary/aromatic N) is 1. The van der Waals surface area contributed by atoms with Gasteiger partial charge in [-0.2, -0.15) is 0 Å². The number of piperazine rings is 1. The average molecular weight is 240 g/mol. The minimum Gasteiger partial charge on any atom is -0.321 e. The van der Waals surface area contributed by atoms with E-state index in [-0.39, 0.29) is 18.4 Å². The first-order valence-corrected chi connectivity index (χ1v) is 5.98. The molecule has 1 N–H and O–H groups in total. The summed E-state index contributed by atoms with van der Waals surface area (Å²) in [5.41, 5.74) is -0.536. The van der Waals surface area contributed by atoms with Gasteiger partial charge in [-0.3, -0.25) is 19.7 Å². The quantitative estimate of drug-likeness (QED) is 0.738. The monoisotopic (exact) mass is 240 g/mol. The largest absolute Gasteiger partial charge is 0.321 e. The van der Waals surface area contributed by atoms with E-state index in [2.05, 4.69) is 5.32 Å². The third-order valence-electron chi connectivity index (χ3n) is 3.37. The van der Waals surface area contributed by atoms with E-state index >= 15 is 0 Å². The Morgan fingerprint density at radius 3 is 2.47 bits per heavy atom. The summed E-state index contributed by atoms with van der Waals surface area (Å²) >= 11 is 0. The molecule has 0 aliphatic carbocycles. The van der Waals surface area contributed by atoms with Gasteiger partial charge in [-0.05, 0) is 12.8 Å². The molecule has 1 aliphatic heterocycles.